The largest absolute Gasteiger partial charge is 0.491 e. The van der Waals surface area contributed by atoms with Crippen LogP contribution in [0.15, 0.2) is 170 Å². The van der Waals surface area contributed by atoms with Crippen LogP contribution < -0.4 is 20.3 Å². The van der Waals surface area contributed by atoms with E-state index >= 15 is 19.2 Å². The fourth-order valence-electron chi connectivity index (χ4n) is 10.5. The number of carbonyl (C=O) groups excluding carboxylic acids is 4. The van der Waals surface area contributed by atoms with Crippen molar-refractivity contribution in [2.75, 3.05) is 24.7 Å². The maximum absolute atomic E-state index is 16.6. The molecule has 10 rings (SSSR count). The maximum atomic E-state index is 16.6. The summed E-state index contributed by atoms with van der Waals surface area (Å²) in [5, 5.41) is 24.2. The summed E-state index contributed by atoms with van der Waals surface area (Å²) < 4.78 is 14.1. The Balaban J connectivity index is 1.23. The zero-order valence-electron chi connectivity index (χ0n) is 38.2. The number of aromatic nitrogens is 3. The van der Waals surface area contributed by atoms with Crippen molar-refractivity contribution >= 4 is 40.5 Å². The normalized spacial score (nSPS) is 21.8. The molecule has 1 aromatic heterocycles. The minimum absolute atomic E-state index is 0.0197. The number of nitrogens with zero attached hydrogens (tertiary/aromatic N) is 5. The number of amides is 4. The van der Waals surface area contributed by atoms with Crippen molar-refractivity contribution in [2.45, 2.75) is 49.2 Å². The predicted octanol–water partition coefficient (Wildman–Crippen LogP) is 7.29. The Morgan fingerprint density at radius 2 is 1.54 bits per heavy atom. The fourth-order valence-corrected chi connectivity index (χ4v) is 10.5. The van der Waals surface area contributed by atoms with Crippen molar-refractivity contribution in [1.29, 1.82) is 0 Å². The molecule has 3 N–H and O–H groups in total. The summed E-state index contributed by atoms with van der Waals surface area (Å²) in [4.78, 5) is 65.5. The minimum atomic E-state index is -2.00. The van der Waals surface area contributed by atoms with E-state index in [1.165, 1.54) is 6.08 Å². The molecule has 0 unspecified atom stereocenters. The molecule has 2 fully saturated rings. The fraction of sp³-hybridized carbons (Fsp3) is 0.214. The number of anilines is 1. The number of urea groups is 1. The van der Waals surface area contributed by atoms with E-state index in [1.54, 1.807) is 47.1 Å². The van der Waals surface area contributed by atoms with Gasteiger partial charge in [-0.15, -0.1) is 11.7 Å². The van der Waals surface area contributed by atoms with Gasteiger partial charge >= 0.3 is 12.0 Å². The molecule has 7 aromatic rings. The number of aliphatic hydroxyl groups is 1. The number of rotatable bonds is 12. The van der Waals surface area contributed by atoms with Gasteiger partial charge in [0.1, 0.15) is 42.0 Å². The third kappa shape index (κ3) is 7.94. The van der Waals surface area contributed by atoms with Crippen LogP contribution >= 0.6 is 0 Å². The third-order valence-electron chi connectivity index (χ3n) is 13.4. The molecule has 0 saturated carbocycles. The van der Waals surface area contributed by atoms with Crippen molar-refractivity contribution in [1.82, 2.24) is 30.5 Å². The summed E-state index contributed by atoms with van der Waals surface area (Å²) >= 11 is 0. The second-order valence-electron chi connectivity index (χ2n) is 17.4. The lowest BCUT2D eigenvalue weighted by atomic mass is 9.65. The summed E-state index contributed by atoms with van der Waals surface area (Å²) in [6, 6.07) is 43.7. The zero-order valence-corrected chi connectivity index (χ0v) is 38.2. The quantitative estimate of drug-likeness (QED) is 0.0643. The van der Waals surface area contributed by atoms with Gasteiger partial charge in [-0.05, 0) is 77.2 Å². The molecule has 70 heavy (non-hydrogen) atoms. The van der Waals surface area contributed by atoms with Gasteiger partial charge in [0.25, 0.3) is 0 Å². The average molecular weight is 932 g/mol. The van der Waals surface area contributed by atoms with E-state index in [1.807, 2.05) is 127 Å². The number of benzene rings is 6. The van der Waals surface area contributed by atoms with Crippen LogP contribution in [0.25, 0.3) is 11.0 Å². The molecular weight excluding hydrogens is 883 g/mol. The Hall–Kier alpha value is -8.38. The Kier molecular flexibility index (Phi) is 12.5. The van der Waals surface area contributed by atoms with E-state index in [0.717, 1.165) is 27.1 Å². The highest BCUT2D eigenvalue weighted by atomic mass is 16.6. The number of cyclic esters (lactones) is 1. The van der Waals surface area contributed by atoms with Gasteiger partial charge in [0, 0.05) is 12.1 Å². The van der Waals surface area contributed by atoms with Gasteiger partial charge in [-0.1, -0.05) is 138 Å². The highest BCUT2D eigenvalue weighted by molar-refractivity contribution is 6.24. The Bertz CT molecular complexity index is 3150. The highest BCUT2D eigenvalue weighted by Gasteiger charge is 2.75. The Morgan fingerprint density at radius 3 is 2.26 bits per heavy atom. The van der Waals surface area contributed by atoms with E-state index in [9.17, 15) is 5.11 Å². The molecule has 14 heteroatoms. The maximum Gasteiger partial charge on any atom is 0.329 e. The molecule has 1 spiro atoms. The lowest BCUT2D eigenvalue weighted by molar-refractivity contribution is -0.178. The van der Waals surface area contributed by atoms with Crippen LogP contribution in [0.4, 0.5) is 10.5 Å². The number of ether oxygens (including phenoxy) is 2. The molecule has 3 aliphatic heterocycles. The van der Waals surface area contributed by atoms with E-state index < -0.39 is 65.4 Å². The highest BCUT2D eigenvalue weighted by Crippen LogP contribution is 2.66. The molecule has 0 radical (unpaired) electrons. The molecule has 3 aliphatic rings. The van der Waals surface area contributed by atoms with E-state index in [4.69, 9.17) is 9.47 Å². The summed E-state index contributed by atoms with van der Waals surface area (Å²) in [5.41, 5.74) is 3.41. The van der Waals surface area contributed by atoms with Crippen molar-refractivity contribution in [2.24, 2.45) is 5.92 Å². The van der Waals surface area contributed by atoms with Gasteiger partial charge < -0.3 is 25.2 Å². The number of esters is 1. The first-order chi connectivity index (χ1) is 34.2. The van der Waals surface area contributed by atoms with Gasteiger partial charge in [-0.25, -0.2) is 14.4 Å². The molecule has 6 aromatic carbocycles. The van der Waals surface area contributed by atoms with E-state index in [2.05, 4.69) is 39.4 Å². The van der Waals surface area contributed by atoms with Crippen LogP contribution in [0.2, 0.25) is 0 Å². The summed E-state index contributed by atoms with van der Waals surface area (Å²) in [6.45, 7) is 5.72. The number of fused-ring (bicyclic) bond motifs is 4. The number of hydrogen-bond donors (Lipinski definition) is 3. The molecule has 4 amide bonds. The van der Waals surface area contributed by atoms with Gasteiger partial charge in [0.05, 0.1) is 41.9 Å². The number of carbonyl (C=O) groups is 4. The first kappa shape index (κ1) is 45.4. The molecule has 2 saturated heterocycles. The van der Waals surface area contributed by atoms with Crippen molar-refractivity contribution < 1.29 is 33.8 Å². The number of imide groups is 1. The zero-order chi connectivity index (χ0) is 48.4. The van der Waals surface area contributed by atoms with Gasteiger partial charge in [0.2, 0.25) is 11.8 Å². The second kappa shape index (κ2) is 19.3. The number of para-hydroxylation sites is 1. The van der Waals surface area contributed by atoms with E-state index in [-0.39, 0.29) is 32.0 Å². The van der Waals surface area contributed by atoms with Crippen LogP contribution in [-0.4, -0.2) is 74.6 Å². The smallest absolute Gasteiger partial charge is 0.329 e. The van der Waals surface area contributed by atoms with Crippen LogP contribution in [0.3, 0.4) is 0 Å². The summed E-state index contributed by atoms with van der Waals surface area (Å²) in [7, 11) is 0. The van der Waals surface area contributed by atoms with Crippen LogP contribution in [0.5, 0.6) is 5.75 Å². The van der Waals surface area contributed by atoms with Gasteiger partial charge in [-0.3, -0.25) is 19.3 Å². The van der Waals surface area contributed by atoms with Crippen LogP contribution in [-0.2, 0) is 31.1 Å². The first-order valence-corrected chi connectivity index (χ1v) is 23.2. The molecule has 0 aliphatic carbocycles. The molecule has 350 valence electrons. The lowest BCUT2D eigenvalue weighted by Gasteiger charge is -2.46. The monoisotopic (exact) mass is 931 g/mol. The van der Waals surface area contributed by atoms with Crippen LogP contribution in [0.1, 0.15) is 64.5 Å². The number of nitrogens with one attached hydrogen (secondary N) is 2. The Labute approximate surface area is 404 Å². The van der Waals surface area contributed by atoms with Crippen molar-refractivity contribution in [3.05, 3.63) is 204 Å². The lowest BCUT2D eigenvalue weighted by Crippen LogP contribution is -2.56. The third-order valence-corrected chi connectivity index (χ3v) is 13.4. The molecular formula is C56H49N7O7. The van der Waals surface area contributed by atoms with Gasteiger partial charge in [-0.2, -0.15) is 0 Å². The SMILES string of the molecule is C=CCNC(=O)[C@H]1[C@@H]2C(=O)O[C@@H](c3ccccc3)[C@@H](c3ccccc3)N2[C@@H](c2ccc(OCCO)cc2)[C@]12C(=O)N(C(=O)N[C@H](C)c1ccccc1)c1ccc(C#CCn3nnc4ccccc43)cc12. The number of hydrogen-bond acceptors (Lipinski definition) is 10. The second-order valence-corrected chi connectivity index (χ2v) is 17.4. The van der Waals surface area contributed by atoms with Crippen LogP contribution in [0, 0.1) is 17.8 Å². The first-order valence-electron chi connectivity index (χ1n) is 23.2. The standard InChI is InChI=1S/C56H49N7O7/c1-3-31-57-52(65)47-49-53(66)70-50(40-21-11-6-12-22-40)48(39-19-9-5-10-20-39)63(49)51(41-26-28-42(29-27-41)69-34-33-64)56(47)43-35-37(16-15-32-61-46-24-14-13-23-44(46)59-60-61)25-30-45(43)62(54(56)67)55(68)58-36(2)38-17-7-4-8-18-38/h3-14,17-30,35-36,47-51,64H,1,31-34H2,2H3,(H,57,65)(H,58,68)/t36-,47-,48-,49-,50+,51+,56-/m1/s1. The molecule has 0 bridgehead atoms. The number of aliphatic hydroxyl groups excluding tert-OH is 1. The minimum Gasteiger partial charge on any atom is -0.491 e. The number of morpholine rings is 1. The summed E-state index contributed by atoms with van der Waals surface area (Å²) in [5.74, 6) is 3.41. The van der Waals surface area contributed by atoms with E-state index in [0.29, 0.717) is 28.0 Å². The molecule has 14 nitrogen and oxygen atoms in total. The average Bonchev–Trinajstić information content (AvgIpc) is 4.04. The molecule has 7 atom stereocenters. The molecule has 4 heterocycles. The Morgan fingerprint density at radius 1 is 0.857 bits per heavy atom. The van der Waals surface area contributed by atoms with Crippen molar-refractivity contribution in [3.8, 4) is 17.6 Å². The predicted molar refractivity (Wildman–Crippen MR) is 262 cm³/mol. The van der Waals surface area contributed by atoms with Gasteiger partial charge in [0.15, 0.2) is 0 Å². The summed E-state index contributed by atoms with van der Waals surface area (Å²) in [6.07, 6.45) is 0.625. The van der Waals surface area contributed by atoms with Crippen molar-refractivity contribution in [3.63, 3.8) is 0 Å². The topological polar surface area (TPSA) is 168 Å².